The first-order chi connectivity index (χ1) is 19.6. The first-order valence-corrected chi connectivity index (χ1v) is 15.9. The van der Waals surface area contributed by atoms with E-state index in [1.807, 2.05) is 38.1 Å². The zero-order valence-electron chi connectivity index (χ0n) is 23.8. The van der Waals surface area contributed by atoms with Crippen molar-refractivity contribution in [3.63, 3.8) is 0 Å². The van der Waals surface area contributed by atoms with E-state index < -0.39 is 28.5 Å². The quantitative estimate of drug-likeness (QED) is 0.311. The van der Waals surface area contributed by atoms with Crippen LogP contribution < -0.4 is 9.62 Å². The maximum atomic E-state index is 14.1. The first-order valence-electron chi connectivity index (χ1n) is 14.1. The molecule has 0 saturated heterocycles. The fraction of sp³-hybridized carbons (Fsp3) is 0.375. The molecule has 1 aliphatic carbocycles. The van der Waals surface area contributed by atoms with Crippen LogP contribution >= 0.6 is 11.6 Å². The number of hydrogen-bond donors (Lipinski definition) is 1. The molecule has 2 amide bonds. The van der Waals surface area contributed by atoms with E-state index in [2.05, 4.69) is 5.32 Å². The molecule has 0 radical (unpaired) electrons. The normalized spacial score (nSPS) is 14.7. The van der Waals surface area contributed by atoms with E-state index in [0.29, 0.717) is 0 Å². The van der Waals surface area contributed by atoms with E-state index in [1.54, 1.807) is 43.3 Å². The Morgan fingerprint density at radius 2 is 1.61 bits per heavy atom. The minimum atomic E-state index is -4.17. The van der Waals surface area contributed by atoms with Crippen LogP contribution in [-0.2, 0) is 26.2 Å². The summed E-state index contributed by atoms with van der Waals surface area (Å²) in [7, 11) is -4.17. The van der Waals surface area contributed by atoms with E-state index in [4.69, 9.17) is 11.6 Å². The molecule has 1 N–H and O–H groups in total. The van der Waals surface area contributed by atoms with E-state index >= 15 is 0 Å². The van der Waals surface area contributed by atoms with E-state index in [9.17, 15) is 18.0 Å². The van der Waals surface area contributed by atoms with Gasteiger partial charge in [-0.2, -0.15) is 0 Å². The Bertz CT molecular complexity index is 1470. The molecule has 1 atom stereocenters. The Hall–Kier alpha value is -3.36. The van der Waals surface area contributed by atoms with Gasteiger partial charge in [-0.15, -0.1) is 0 Å². The lowest BCUT2D eigenvalue weighted by atomic mass is 9.95. The molecular weight excluding hydrogens is 558 g/mol. The van der Waals surface area contributed by atoms with Gasteiger partial charge < -0.3 is 10.2 Å². The van der Waals surface area contributed by atoms with Gasteiger partial charge in [0.05, 0.1) is 15.6 Å². The van der Waals surface area contributed by atoms with E-state index in [1.165, 1.54) is 17.0 Å². The zero-order valence-corrected chi connectivity index (χ0v) is 25.4. The Morgan fingerprint density at radius 1 is 0.927 bits per heavy atom. The van der Waals surface area contributed by atoms with Crippen LogP contribution in [0.15, 0.2) is 77.7 Å². The molecule has 0 bridgehead atoms. The summed E-state index contributed by atoms with van der Waals surface area (Å²) in [5.74, 6) is -0.753. The summed E-state index contributed by atoms with van der Waals surface area (Å²) in [4.78, 5) is 29.0. The van der Waals surface area contributed by atoms with Crippen molar-refractivity contribution in [2.45, 2.75) is 76.4 Å². The first kappa shape index (κ1) is 30.6. The van der Waals surface area contributed by atoms with Gasteiger partial charge >= 0.3 is 0 Å². The maximum absolute atomic E-state index is 14.1. The summed E-state index contributed by atoms with van der Waals surface area (Å²) in [5, 5.41) is 3.32. The average molecular weight is 596 g/mol. The molecule has 41 heavy (non-hydrogen) atoms. The molecule has 0 unspecified atom stereocenters. The van der Waals surface area contributed by atoms with Crippen molar-refractivity contribution in [3.05, 3.63) is 94.5 Å². The number of carbonyl (C=O) groups excluding carboxylic acids is 2. The fourth-order valence-electron chi connectivity index (χ4n) is 5.16. The molecule has 9 heteroatoms. The minimum absolute atomic E-state index is 0.0455. The third-order valence-corrected chi connectivity index (χ3v) is 9.66. The van der Waals surface area contributed by atoms with Gasteiger partial charge in [-0.1, -0.05) is 90.5 Å². The molecule has 0 aromatic heterocycles. The van der Waals surface area contributed by atoms with Crippen LogP contribution in [0.5, 0.6) is 0 Å². The van der Waals surface area contributed by atoms with Crippen molar-refractivity contribution in [2.75, 3.05) is 10.8 Å². The predicted octanol–water partition coefficient (Wildman–Crippen LogP) is 6.02. The van der Waals surface area contributed by atoms with Gasteiger partial charge in [-0.05, 0) is 63.4 Å². The van der Waals surface area contributed by atoms with Crippen molar-refractivity contribution in [2.24, 2.45) is 0 Å². The second-order valence-electron chi connectivity index (χ2n) is 10.8. The van der Waals surface area contributed by atoms with Gasteiger partial charge in [-0.25, -0.2) is 8.42 Å². The number of nitrogens with one attached hydrogen (secondary N) is 1. The number of para-hydroxylation sites is 1. The summed E-state index contributed by atoms with van der Waals surface area (Å²) in [5.41, 5.74) is 2.97. The monoisotopic (exact) mass is 595 g/mol. The highest BCUT2D eigenvalue weighted by Crippen LogP contribution is 2.31. The van der Waals surface area contributed by atoms with E-state index in [0.717, 1.165) is 53.1 Å². The number of nitrogens with zero attached hydrogens (tertiary/aromatic N) is 2. The van der Waals surface area contributed by atoms with Gasteiger partial charge in [0.25, 0.3) is 10.0 Å². The van der Waals surface area contributed by atoms with Crippen molar-refractivity contribution in [3.8, 4) is 0 Å². The van der Waals surface area contributed by atoms with Crippen molar-refractivity contribution in [1.82, 2.24) is 10.2 Å². The highest BCUT2D eigenvalue weighted by atomic mass is 35.5. The smallest absolute Gasteiger partial charge is 0.264 e. The van der Waals surface area contributed by atoms with Crippen LogP contribution in [0.2, 0.25) is 5.02 Å². The minimum Gasteiger partial charge on any atom is -0.352 e. The molecule has 7 nitrogen and oxygen atoms in total. The molecular formula is C32H38ClN3O4S. The standard InChI is InChI=1S/C32H38ClN3O4S/c1-23-16-18-28(19-17-23)41(39,40)36(30-15-8-7-14-29(30)33)22-31(37)35(21-26-11-9-10-24(2)20-26)25(3)32(38)34-27-12-5-4-6-13-27/h7-11,14-20,25,27H,4-6,12-13,21-22H2,1-3H3,(H,34,38)/t25-/m1/s1. The lowest BCUT2D eigenvalue weighted by Gasteiger charge is -2.33. The number of amides is 2. The van der Waals surface area contributed by atoms with Crippen molar-refractivity contribution >= 4 is 39.1 Å². The SMILES string of the molecule is Cc1ccc(S(=O)(=O)N(CC(=O)N(Cc2cccc(C)c2)[C@H](C)C(=O)NC2CCCCC2)c2ccccc2Cl)cc1. The van der Waals surface area contributed by atoms with E-state index in [-0.39, 0.29) is 34.1 Å². The maximum Gasteiger partial charge on any atom is 0.264 e. The Labute approximate surface area is 248 Å². The summed E-state index contributed by atoms with van der Waals surface area (Å²) in [6.07, 6.45) is 5.12. The van der Waals surface area contributed by atoms with Crippen LogP contribution in [0.1, 0.15) is 55.7 Å². The number of aryl methyl sites for hydroxylation is 2. The lowest BCUT2D eigenvalue weighted by molar-refractivity contribution is -0.139. The highest BCUT2D eigenvalue weighted by molar-refractivity contribution is 7.92. The van der Waals surface area contributed by atoms with Crippen LogP contribution in [0.4, 0.5) is 5.69 Å². The summed E-state index contributed by atoms with van der Waals surface area (Å²) in [6.45, 7) is 5.16. The molecule has 1 fully saturated rings. The third-order valence-electron chi connectivity index (χ3n) is 7.56. The van der Waals surface area contributed by atoms with Gasteiger partial charge in [0, 0.05) is 12.6 Å². The largest absolute Gasteiger partial charge is 0.352 e. The fourth-order valence-corrected chi connectivity index (χ4v) is 6.88. The second-order valence-corrected chi connectivity index (χ2v) is 13.1. The molecule has 4 rings (SSSR count). The molecule has 0 spiro atoms. The number of hydrogen-bond acceptors (Lipinski definition) is 4. The van der Waals surface area contributed by atoms with Gasteiger partial charge in [-0.3, -0.25) is 13.9 Å². The number of rotatable bonds is 10. The number of anilines is 1. The molecule has 0 aliphatic heterocycles. The Morgan fingerprint density at radius 3 is 2.27 bits per heavy atom. The van der Waals surface area contributed by atoms with Gasteiger partial charge in [0.15, 0.2) is 0 Å². The average Bonchev–Trinajstić information content (AvgIpc) is 2.95. The molecule has 0 heterocycles. The Balaban J connectivity index is 1.68. The molecule has 1 aliphatic rings. The topological polar surface area (TPSA) is 86.8 Å². The van der Waals surface area contributed by atoms with Crippen LogP contribution in [0.3, 0.4) is 0 Å². The summed E-state index contributed by atoms with van der Waals surface area (Å²) in [6, 6.07) is 20.0. The number of halogens is 1. The summed E-state index contributed by atoms with van der Waals surface area (Å²) >= 11 is 6.47. The van der Waals surface area contributed by atoms with Crippen LogP contribution in [0.25, 0.3) is 0 Å². The highest BCUT2D eigenvalue weighted by Gasteiger charge is 2.34. The molecule has 1 saturated carbocycles. The van der Waals surface area contributed by atoms with Crippen LogP contribution in [0, 0.1) is 13.8 Å². The third kappa shape index (κ3) is 7.68. The number of carbonyl (C=O) groups is 2. The molecule has 3 aromatic rings. The van der Waals surface area contributed by atoms with Crippen molar-refractivity contribution in [1.29, 1.82) is 0 Å². The number of sulfonamides is 1. The lowest BCUT2D eigenvalue weighted by Crippen LogP contribution is -2.53. The number of benzene rings is 3. The van der Waals surface area contributed by atoms with Crippen LogP contribution in [-0.4, -0.2) is 43.8 Å². The van der Waals surface area contributed by atoms with Gasteiger partial charge in [0.1, 0.15) is 12.6 Å². The Kier molecular flexibility index (Phi) is 10.1. The zero-order chi connectivity index (χ0) is 29.6. The predicted molar refractivity (Wildman–Crippen MR) is 163 cm³/mol. The molecule has 218 valence electrons. The van der Waals surface area contributed by atoms with Gasteiger partial charge in [0.2, 0.25) is 11.8 Å². The summed E-state index contributed by atoms with van der Waals surface area (Å²) < 4.78 is 28.9. The molecule has 3 aromatic carbocycles. The second kappa shape index (κ2) is 13.5. The van der Waals surface area contributed by atoms with Crippen molar-refractivity contribution < 1.29 is 18.0 Å².